The molecule has 1 unspecified atom stereocenters. The van der Waals surface area contributed by atoms with Crippen molar-refractivity contribution in [1.29, 1.82) is 0 Å². The van der Waals surface area contributed by atoms with Gasteiger partial charge in [-0.15, -0.1) is 0 Å². The molecule has 3 rings (SSSR count). The van der Waals surface area contributed by atoms with Gasteiger partial charge in [-0.3, -0.25) is 4.90 Å². The Labute approximate surface area is 165 Å². The molecule has 1 atom stereocenters. The first-order valence-electron chi connectivity index (χ1n) is 9.23. The molecule has 0 amide bonds. The SMILES string of the molecule is Cc1cc(OCC(O)CN2CCN(c3ccccc3F)CC2)cc(C)c1Cl. The number of β-amino-alcohol motifs (C(OH)–C–C–N with tert-alkyl or cyclic N) is 1. The van der Waals surface area contributed by atoms with Crippen molar-refractivity contribution in [2.24, 2.45) is 0 Å². The fraction of sp³-hybridized carbons (Fsp3) is 0.429. The van der Waals surface area contributed by atoms with Gasteiger partial charge in [-0.2, -0.15) is 0 Å². The minimum Gasteiger partial charge on any atom is -0.491 e. The molecule has 4 nitrogen and oxygen atoms in total. The Morgan fingerprint density at radius 2 is 1.74 bits per heavy atom. The maximum atomic E-state index is 13.9. The van der Waals surface area contributed by atoms with Crippen LogP contribution in [0.4, 0.5) is 10.1 Å². The molecular formula is C21H26ClFN2O2. The molecule has 0 bridgehead atoms. The van der Waals surface area contributed by atoms with E-state index < -0.39 is 6.10 Å². The molecule has 1 N–H and O–H groups in total. The van der Waals surface area contributed by atoms with Gasteiger partial charge >= 0.3 is 0 Å². The number of hydrogen-bond donors (Lipinski definition) is 1. The monoisotopic (exact) mass is 392 g/mol. The summed E-state index contributed by atoms with van der Waals surface area (Å²) >= 11 is 6.17. The lowest BCUT2D eigenvalue weighted by Crippen LogP contribution is -2.49. The number of piperazine rings is 1. The van der Waals surface area contributed by atoms with Gasteiger partial charge in [-0.05, 0) is 49.2 Å². The Hall–Kier alpha value is -1.82. The Kier molecular flexibility index (Phi) is 6.58. The second-order valence-electron chi connectivity index (χ2n) is 7.07. The highest BCUT2D eigenvalue weighted by atomic mass is 35.5. The molecule has 0 saturated carbocycles. The van der Waals surface area contributed by atoms with Gasteiger partial charge in [0.2, 0.25) is 0 Å². The minimum absolute atomic E-state index is 0.187. The first-order chi connectivity index (χ1) is 12.9. The zero-order valence-corrected chi connectivity index (χ0v) is 16.5. The fourth-order valence-electron chi connectivity index (χ4n) is 3.41. The Bertz CT molecular complexity index is 756. The van der Waals surface area contributed by atoms with E-state index in [1.807, 2.05) is 43.0 Å². The lowest BCUT2D eigenvalue weighted by molar-refractivity contribution is 0.0662. The number of nitrogens with zero attached hydrogens (tertiary/aromatic N) is 2. The normalized spacial score (nSPS) is 16.4. The second kappa shape index (κ2) is 8.91. The van der Waals surface area contributed by atoms with Gasteiger partial charge in [0.15, 0.2) is 0 Å². The molecular weight excluding hydrogens is 367 g/mol. The first kappa shape index (κ1) is 19.9. The lowest BCUT2D eigenvalue weighted by atomic mass is 10.1. The molecule has 0 aromatic heterocycles. The molecule has 0 radical (unpaired) electrons. The van der Waals surface area contributed by atoms with Crippen molar-refractivity contribution in [3.8, 4) is 5.75 Å². The molecule has 2 aromatic rings. The molecule has 146 valence electrons. The van der Waals surface area contributed by atoms with E-state index in [0.717, 1.165) is 48.1 Å². The fourth-order valence-corrected chi connectivity index (χ4v) is 3.52. The van der Waals surface area contributed by atoms with E-state index in [2.05, 4.69) is 4.90 Å². The van der Waals surface area contributed by atoms with Gasteiger partial charge in [0, 0.05) is 37.7 Å². The third kappa shape index (κ3) is 5.12. The zero-order chi connectivity index (χ0) is 19.4. The van der Waals surface area contributed by atoms with E-state index in [1.165, 1.54) is 6.07 Å². The highest BCUT2D eigenvalue weighted by molar-refractivity contribution is 6.32. The standard InChI is InChI=1S/C21H26ClFN2O2/c1-15-11-18(12-16(2)21(15)22)27-14-17(26)13-24-7-9-25(10-8-24)20-6-4-3-5-19(20)23/h3-6,11-12,17,26H,7-10,13-14H2,1-2H3. The van der Waals surface area contributed by atoms with E-state index in [9.17, 15) is 9.50 Å². The Morgan fingerprint density at radius 1 is 1.11 bits per heavy atom. The number of ether oxygens (including phenoxy) is 1. The Morgan fingerprint density at radius 3 is 2.37 bits per heavy atom. The van der Waals surface area contributed by atoms with Crippen molar-refractivity contribution in [2.75, 3.05) is 44.2 Å². The molecule has 6 heteroatoms. The summed E-state index contributed by atoms with van der Waals surface area (Å²) in [5.74, 6) is 0.533. The summed E-state index contributed by atoms with van der Waals surface area (Å²) in [5.41, 5.74) is 2.57. The maximum Gasteiger partial charge on any atom is 0.146 e. The van der Waals surface area contributed by atoms with Gasteiger partial charge < -0.3 is 14.7 Å². The van der Waals surface area contributed by atoms with Crippen LogP contribution in [0.15, 0.2) is 36.4 Å². The van der Waals surface area contributed by atoms with Crippen LogP contribution in [-0.4, -0.2) is 55.4 Å². The second-order valence-corrected chi connectivity index (χ2v) is 7.45. The number of hydrogen-bond acceptors (Lipinski definition) is 4. The smallest absolute Gasteiger partial charge is 0.146 e. The summed E-state index contributed by atoms with van der Waals surface area (Å²) in [6.07, 6.45) is -0.582. The number of aryl methyl sites for hydroxylation is 2. The summed E-state index contributed by atoms with van der Waals surface area (Å²) < 4.78 is 19.6. The molecule has 2 aromatic carbocycles. The van der Waals surface area contributed by atoms with Crippen LogP contribution in [0.2, 0.25) is 5.02 Å². The van der Waals surface area contributed by atoms with Crippen molar-refractivity contribution in [2.45, 2.75) is 20.0 Å². The molecule has 27 heavy (non-hydrogen) atoms. The summed E-state index contributed by atoms with van der Waals surface area (Å²) in [6, 6.07) is 10.6. The van der Waals surface area contributed by atoms with E-state index >= 15 is 0 Å². The number of rotatable bonds is 6. The summed E-state index contributed by atoms with van der Waals surface area (Å²) in [6.45, 7) is 7.69. The number of aliphatic hydroxyl groups is 1. The third-order valence-corrected chi connectivity index (χ3v) is 5.48. The molecule has 0 aliphatic carbocycles. The van der Waals surface area contributed by atoms with Crippen LogP contribution in [0.3, 0.4) is 0 Å². The number of anilines is 1. The van der Waals surface area contributed by atoms with Crippen molar-refractivity contribution < 1.29 is 14.2 Å². The van der Waals surface area contributed by atoms with Crippen LogP contribution in [0, 0.1) is 19.7 Å². The molecule has 1 fully saturated rings. The lowest BCUT2D eigenvalue weighted by Gasteiger charge is -2.36. The summed E-state index contributed by atoms with van der Waals surface area (Å²) in [7, 11) is 0. The van der Waals surface area contributed by atoms with Gasteiger partial charge in [-0.25, -0.2) is 4.39 Å². The predicted octanol–water partition coefficient (Wildman–Crippen LogP) is 3.66. The summed E-state index contributed by atoms with van der Waals surface area (Å²) in [5, 5.41) is 11.1. The van der Waals surface area contributed by atoms with Crippen LogP contribution >= 0.6 is 11.6 Å². The highest BCUT2D eigenvalue weighted by Crippen LogP contribution is 2.26. The van der Waals surface area contributed by atoms with Crippen molar-refractivity contribution in [3.05, 3.63) is 58.4 Å². The topological polar surface area (TPSA) is 35.9 Å². The molecule has 1 saturated heterocycles. The number of benzene rings is 2. The molecule has 1 heterocycles. The van der Waals surface area contributed by atoms with Crippen LogP contribution < -0.4 is 9.64 Å². The third-order valence-electron chi connectivity index (χ3n) is 4.89. The van der Waals surface area contributed by atoms with Crippen LogP contribution in [-0.2, 0) is 0 Å². The zero-order valence-electron chi connectivity index (χ0n) is 15.8. The summed E-state index contributed by atoms with van der Waals surface area (Å²) in [4.78, 5) is 4.23. The number of para-hydroxylation sites is 1. The van der Waals surface area contributed by atoms with E-state index in [4.69, 9.17) is 16.3 Å². The number of halogens is 2. The van der Waals surface area contributed by atoms with E-state index in [1.54, 1.807) is 6.07 Å². The van der Waals surface area contributed by atoms with Gasteiger partial charge in [0.1, 0.15) is 24.3 Å². The van der Waals surface area contributed by atoms with E-state index in [0.29, 0.717) is 12.2 Å². The van der Waals surface area contributed by atoms with Gasteiger partial charge in [-0.1, -0.05) is 23.7 Å². The maximum absolute atomic E-state index is 13.9. The van der Waals surface area contributed by atoms with Gasteiger partial charge in [0.25, 0.3) is 0 Å². The molecule has 1 aliphatic heterocycles. The average Bonchev–Trinajstić information content (AvgIpc) is 2.65. The van der Waals surface area contributed by atoms with E-state index in [-0.39, 0.29) is 12.4 Å². The first-order valence-corrected chi connectivity index (χ1v) is 9.61. The highest BCUT2D eigenvalue weighted by Gasteiger charge is 2.21. The molecule has 1 aliphatic rings. The van der Waals surface area contributed by atoms with Gasteiger partial charge in [0.05, 0.1) is 5.69 Å². The van der Waals surface area contributed by atoms with Crippen molar-refractivity contribution in [3.63, 3.8) is 0 Å². The van der Waals surface area contributed by atoms with Crippen LogP contribution in [0.25, 0.3) is 0 Å². The predicted molar refractivity (Wildman–Crippen MR) is 107 cm³/mol. The van der Waals surface area contributed by atoms with Crippen molar-refractivity contribution >= 4 is 17.3 Å². The average molecular weight is 393 g/mol. The van der Waals surface area contributed by atoms with Crippen LogP contribution in [0.1, 0.15) is 11.1 Å². The number of aliphatic hydroxyl groups excluding tert-OH is 1. The van der Waals surface area contributed by atoms with Crippen LogP contribution in [0.5, 0.6) is 5.75 Å². The largest absolute Gasteiger partial charge is 0.491 e. The van der Waals surface area contributed by atoms with Crippen molar-refractivity contribution in [1.82, 2.24) is 4.90 Å². The quantitative estimate of drug-likeness (QED) is 0.813. The molecule has 0 spiro atoms. The Balaban J connectivity index is 1.46. The minimum atomic E-state index is -0.582.